The summed E-state index contributed by atoms with van der Waals surface area (Å²) in [6, 6.07) is 14.7. The van der Waals surface area contributed by atoms with Crippen LogP contribution in [0.2, 0.25) is 0 Å². The van der Waals surface area contributed by atoms with Gasteiger partial charge in [-0.1, -0.05) is 30.3 Å². The number of carbonyl (C=O) groups excluding carboxylic acids is 1. The Hall–Kier alpha value is -3.27. The predicted octanol–water partition coefficient (Wildman–Crippen LogP) is 3.85. The maximum Gasteiger partial charge on any atom is 0.189 e. The van der Waals surface area contributed by atoms with E-state index in [2.05, 4.69) is 0 Å². The molecule has 0 bridgehead atoms. The second kappa shape index (κ2) is 5.85. The first-order valence-corrected chi connectivity index (χ1v) is 7.00. The van der Waals surface area contributed by atoms with E-state index in [-0.39, 0.29) is 28.6 Å². The van der Waals surface area contributed by atoms with Crippen molar-refractivity contribution in [1.82, 2.24) is 0 Å². The van der Waals surface area contributed by atoms with Gasteiger partial charge in [0.1, 0.15) is 17.2 Å². The number of rotatable bonds is 3. The lowest BCUT2D eigenvalue weighted by Gasteiger charge is -2.04. The molecule has 0 aromatic heterocycles. The molecule has 4 heteroatoms. The summed E-state index contributed by atoms with van der Waals surface area (Å²) in [5, 5.41) is 30.6. The molecule has 114 valence electrons. The third-order valence-electron chi connectivity index (χ3n) is 3.48. The summed E-state index contributed by atoms with van der Waals surface area (Å²) in [5.74, 6) is -0.635. The van der Waals surface area contributed by atoms with Gasteiger partial charge in [0, 0.05) is 6.07 Å². The van der Waals surface area contributed by atoms with Gasteiger partial charge < -0.3 is 15.3 Å². The lowest BCUT2D eigenvalue weighted by Crippen LogP contribution is -1.95. The Morgan fingerprint density at radius 2 is 1.43 bits per heavy atom. The molecule has 0 unspecified atom stereocenters. The monoisotopic (exact) mass is 306 g/mol. The van der Waals surface area contributed by atoms with Gasteiger partial charge in [-0.15, -0.1) is 0 Å². The topological polar surface area (TPSA) is 77.8 Å². The van der Waals surface area contributed by atoms with E-state index in [1.807, 2.05) is 24.3 Å². The summed E-state index contributed by atoms with van der Waals surface area (Å²) in [7, 11) is 0. The highest BCUT2D eigenvalue weighted by Crippen LogP contribution is 2.26. The zero-order chi connectivity index (χ0) is 16.4. The maximum absolute atomic E-state index is 12.3. The van der Waals surface area contributed by atoms with Crippen LogP contribution in [0.4, 0.5) is 0 Å². The van der Waals surface area contributed by atoms with Crippen molar-refractivity contribution in [2.45, 2.75) is 0 Å². The molecule has 4 nitrogen and oxygen atoms in total. The first-order valence-electron chi connectivity index (χ1n) is 7.00. The Morgan fingerprint density at radius 1 is 0.826 bits per heavy atom. The summed E-state index contributed by atoms with van der Waals surface area (Å²) in [4.78, 5) is 12.3. The van der Waals surface area contributed by atoms with Gasteiger partial charge in [-0.25, -0.2) is 0 Å². The second-order valence-electron chi connectivity index (χ2n) is 5.20. The summed E-state index contributed by atoms with van der Waals surface area (Å²) in [6.07, 6.45) is 2.76. The molecule has 3 aromatic rings. The van der Waals surface area contributed by atoms with Gasteiger partial charge in [0.25, 0.3) is 0 Å². The Labute approximate surface area is 132 Å². The highest BCUT2D eigenvalue weighted by Gasteiger charge is 2.10. The molecule has 0 atom stereocenters. The van der Waals surface area contributed by atoms with E-state index in [1.165, 1.54) is 30.4 Å². The Kier molecular flexibility index (Phi) is 3.73. The highest BCUT2D eigenvalue weighted by atomic mass is 16.3. The average molecular weight is 306 g/mol. The normalized spacial score (nSPS) is 11.1. The van der Waals surface area contributed by atoms with Gasteiger partial charge in [-0.2, -0.15) is 0 Å². The predicted molar refractivity (Wildman–Crippen MR) is 88.7 cm³/mol. The minimum absolute atomic E-state index is 0.0860. The van der Waals surface area contributed by atoms with Crippen LogP contribution < -0.4 is 0 Å². The van der Waals surface area contributed by atoms with Gasteiger partial charge >= 0.3 is 0 Å². The number of fused-ring (bicyclic) bond motifs is 1. The number of hydrogen-bond donors (Lipinski definition) is 3. The molecule has 23 heavy (non-hydrogen) atoms. The number of allylic oxidation sites excluding steroid dienone is 1. The molecule has 3 rings (SSSR count). The maximum atomic E-state index is 12.3. The minimum atomic E-state index is -0.365. The lowest BCUT2D eigenvalue weighted by atomic mass is 10.0. The molecule has 0 aliphatic heterocycles. The van der Waals surface area contributed by atoms with Crippen LogP contribution in [0.5, 0.6) is 17.2 Å². The molecule has 0 saturated carbocycles. The van der Waals surface area contributed by atoms with E-state index in [9.17, 15) is 20.1 Å². The fourth-order valence-corrected chi connectivity index (χ4v) is 2.40. The van der Waals surface area contributed by atoms with Crippen LogP contribution in [0.3, 0.4) is 0 Å². The average Bonchev–Trinajstić information content (AvgIpc) is 2.51. The third kappa shape index (κ3) is 3.16. The van der Waals surface area contributed by atoms with Crippen molar-refractivity contribution in [3.05, 3.63) is 71.8 Å². The van der Waals surface area contributed by atoms with E-state index in [0.29, 0.717) is 5.56 Å². The van der Waals surface area contributed by atoms with Crippen molar-refractivity contribution >= 4 is 22.6 Å². The number of phenols is 3. The van der Waals surface area contributed by atoms with Crippen molar-refractivity contribution in [3.63, 3.8) is 0 Å². The van der Waals surface area contributed by atoms with Crippen molar-refractivity contribution in [2.24, 2.45) is 0 Å². The second-order valence-corrected chi connectivity index (χ2v) is 5.20. The molecule has 3 N–H and O–H groups in total. The van der Waals surface area contributed by atoms with Crippen LogP contribution in [0.25, 0.3) is 16.8 Å². The molecule has 0 heterocycles. The zero-order valence-corrected chi connectivity index (χ0v) is 12.1. The largest absolute Gasteiger partial charge is 0.508 e. The van der Waals surface area contributed by atoms with Gasteiger partial charge in [0.05, 0.1) is 5.56 Å². The van der Waals surface area contributed by atoms with Gasteiger partial charge in [0.2, 0.25) is 0 Å². The number of carbonyl (C=O) groups is 1. The fourth-order valence-electron chi connectivity index (χ4n) is 2.40. The quantitative estimate of drug-likeness (QED) is 0.507. The molecule has 0 saturated heterocycles. The summed E-state index contributed by atoms with van der Waals surface area (Å²) in [6.45, 7) is 0. The summed E-state index contributed by atoms with van der Waals surface area (Å²) in [5.41, 5.74) is 0.681. The summed E-state index contributed by atoms with van der Waals surface area (Å²) < 4.78 is 0. The van der Waals surface area contributed by atoms with Crippen LogP contribution in [0, 0.1) is 0 Å². The number of phenolic OH excluding ortho intramolecular Hbond substituents is 3. The highest BCUT2D eigenvalue weighted by molar-refractivity contribution is 6.10. The smallest absolute Gasteiger partial charge is 0.189 e. The van der Waals surface area contributed by atoms with Gasteiger partial charge in [0.15, 0.2) is 5.78 Å². The number of benzene rings is 3. The Bertz CT molecular complexity index is 906. The zero-order valence-electron chi connectivity index (χ0n) is 12.1. The molecule has 0 aliphatic carbocycles. The Balaban J connectivity index is 1.94. The molecular weight excluding hydrogens is 292 g/mol. The van der Waals surface area contributed by atoms with Crippen molar-refractivity contribution < 1.29 is 20.1 Å². The van der Waals surface area contributed by atoms with E-state index in [1.54, 1.807) is 12.1 Å². The standard InChI is InChI=1S/C19H14O4/c20-15-7-12(8-16(21)11-15)5-6-18(22)17-9-13-3-1-2-4-14(13)10-19(17)23/h1-11,20-21,23H/b6-5+. The number of ketones is 1. The molecule has 0 spiro atoms. The molecule has 0 amide bonds. The van der Waals surface area contributed by atoms with Crippen LogP contribution in [-0.4, -0.2) is 21.1 Å². The van der Waals surface area contributed by atoms with Crippen molar-refractivity contribution in [3.8, 4) is 17.2 Å². The number of hydrogen-bond acceptors (Lipinski definition) is 4. The molecule has 3 aromatic carbocycles. The van der Waals surface area contributed by atoms with Crippen LogP contribution in [-0.2, 0) is 0 Å². The van der Waals surface area contributed by atoms with Crippen LogP contribution in [0.1, 0.15) is 15.9 Å². The lowest BCUT2D eigenvalue weighted by molar-refractivity contribution is 0.104. The molecule has 0 fully saturated rings. The summed E-state index contributed by atoms with van der Waals surface area (Å²) >= 11 is 0. The third-order valence-corrected chi connectivity index (χ3v) is 3.48. The minimum Gasteiger partial charge on any atom is -0.508 e. The van der Waals surface area contributed by atoms with E-state index in [4.69, 9.17) is 0 Å². The molecule has 0 aliphatic rings. The van der Waals surface area contributed by atoms with Crippen molar-refractivity contribution in [2.75, 3.05) is 0 Å². The van der Waals surface area contributed by atoms with E-state index < -0.39 is 0 Å². The SMILES string of the molecule is O=C(/C=C/c1cc(O)cc(O)c1)c1cc2ccccc2cc1O. The van der Waals surface area contributed by atoms with E-state index >= 15 is 0 Å². The van der Waals surface area contributed by atoms with Crippen molar-refractivity contribution in [1.29, 1.82) is 0 Å². The fraction of sp³-hybridized carbons (Fsp3) is 0. The van der Waals surface area contributed by atoms with Gasteiger partial charge in [-0.3, -0.25) is 4.79 Å². The van der Waals surface area contributed by atoms with E-state index in [0.717, 1.165) is 10.8 Å². The van der Waals surface area contributed by atoms with Crippen LogP contribution >= 0.6 is 0 Å². The Morgan fingerprint density at radius 3 is 2.09 bits per heavy atom. The first-order chi connectivity index (χ1) is 11.0. The van der Waals surface area contributed by atoms with Gasteiger partial charge in [-0.05, 0) is 46.7 Å². The number of aromatic hydroxyl groups is 3. The van der Waals surface area contributed by atoms with Crippen LogP contribution in [0.15, 0.2) is 60.7 Å². The first kappa shape index (κ1) is 14.7. The molecular formula is C19H14O4. The molecule has 0 radical (unpaired) electrons.